The van der Waals surface area contributed by atoms with Gasteiger partial charge >= 0.3 is 0 Å². The van der Waals surface area contributed by atoms with Gasteiger partial charge in [-0.3, -0.25) is 0 Å². The van der Waals surface area contributed by atoms with E-state index in [0.717, 1.165) is 0 Å². The van der Waals surface area contributed by atoms with Crippen molar-refractivity contribution in [2.45, 2.75) is 6.92 Å². The van der Waals surface area contributed by atoms with Crippen LogP contribution in [0.25, 0.3) is 0 Å². The van der Waals surface area contributed by atoms with E-state index < -0.39 is 0 Å². The molecule has 8 heavy (non-hydrogen) atoms. The lowest BCUT2D eigenvalue weighted by atomic mass is 10.3. The molecule has 1 aliphatic carbocycles. The molecule has 0 fully saturated rings. The van der Waals surface area contributed by atoms with Gasteiger partial charge in [0.1, 0.15) is 0 Å². The molecule has 0 heterocycles. The number of aliphatic hydroxyl groups is 1. The van der Waals surface area contributed by atoms with Crippen molar-refractivity contribution in [3.63, 3.8) is 0 Å². The van der Waals surface area contributed by atoms with Crippen molar-refractivity contribution in [1.82, 2.24) is 0 Å². The Morgan fingerprint density at radius 2 is 2.50 bits per heavy atom. The van der Waals surface area contributed by atoms with Crippen molar-refractivity contribution < 1.29 is 5.11 Å². The lowest BCUT2D eigenvalue weighted by molar-refractivity contribution is 0.342. The summed E-state index contributed by atoms with van der Waals surface area (Å²) in [6.07, 6.45) is 5.94. The lowest BCUT2D eigenvalue weighted by Crippen LogP contribution is -1.73. The topological polar surface area (TPSA) is 20.2 Å². The summed E-state index contributed by atoms with van der Waals surface area (Å²) in [7, 11) is 0. The molecule has 1 aliphatic rings. The number of hydrogen-bond donors (Lipinski definition) is 1. The van der Waals surface area contributed by atoms with E-state index in [0.29, 0.717) is 5.92 Å². The molecule has 1 nitrogen and oxygen atoms in total. The van der Waals surface area contributed by atoms with Crippen LogP contribution in [0.2, 0.25) is 0 Å². The van der Waals surface area contributed by atoms with Gasteiger partial charge < -0.3 is 5.11 Å². The number of allylic oxidation sites excluding steroid dienone is 3. The molecular formula is C7H10O. The van der Waals surface area contributed by atoms with Crippen molar-refractivity contribution in [3.05, 3.63) is 23.8 Å². The van der Waals surface area contributed by atoms with Gasteiger partial charge in [-0.25, -0.2) is 0 Å². The first-order valence-electron chi connectivity index (χ1n) is 2.80. The highest BCUT2D eigenvalue weighted by Crippen LogP contribution is 2.28. The van der Waals surface area contributed by atoms with Crippen molar-refractivity contribution in [3.8, 4) is 0 Å². The van der Waals surface area contributed by atoms with E-state index in [1.165, 1.54) is 5.57 Å². The Balaban J connectivity index is 2.15. The van der Waals surface area contributed by atoms with Crippen LogP contribution in [0.5, 0.6) is 0 Å². The zero-order valence-electron chi connectivity index (χ0n) is 4.96. The molecule has 0 saturated carbocycles. The van der Waals surface area contributed by atoms with E-state index in [2.05, 4.69) is 13.0 Å². The highest BCUT2D eigenvalue weighted by Gasteiger charge is 2.14. The van der Waals surface area contributed by atoms with Crippen LogP contribution in [0.3, 0.4) is 0 Å². The standard InChI is InChI=1S/C7H10O/c1-6-5-7(6)3-2-4-8/h2-3,5,7-8H,4H2,1H3/b3-2+. The largest absolute Gasteiger partial charge is 0.392 e. The van der Waals surface area contributed by atoms with Gasteiger partial charge in [-0.2, -0.15) is 0 Å². The average molecular weight is 110 g/mol. The van der Waals surface area contributed by atoms with Crippen LogP contribution >= 0.6 is 0 Å². The summed E-state index contributed by atoms with van der Waals surface area (Å²) in [5.41, 5.74) is 1.41. The Hall–Kier alpha value is -0.560. The molecular weight excluding hydrogens is 100 g/mol. The second kappa shape index (κ2) is 2.14. The maximum Gasteiger partial charge on any atom is 0.0612 e. The van der Waals surface area contributed by atoms with Gasteiger partial charge in [0.05, 0.1) is 6.61 Å². The van der Waals surface area contributed by atoms with Crippen LogP contribution in [0.15, 0.2) is 23.8 Å². The predicted molar refractivity (Wildman–Crippen MR) is 33.5 cm³/mol. The fourth-order valence-electron chi connectivity index (χ4n) is 0.650. The molecule has 1 rings (SSSR count). The normalized spacial score (nSPS) is 26.2. The lowest BCUT2D eigenvalue weighted by Gasteiger charge is -1.81. The van der Waals surface area contributed by atoms with Crippen LogP contribution in [-0.2, 0) is 0 Å². The summed E-state index contributed by atoms with van der Waals surface area (Å²) in [6.45, 7) is 2.25. The molecule has 0 amide bonds. The smallest absolute Gasteiger partial charge is 0.0612 e. The maximum atomic E-state index is 8.32. The molecule has 0 spiro atoms. The van der Waals surface area contributed by atoms with E-state index in [-0.39, 0.29) is 6.61 Å². The van der Waals surface area contributed by atoms with E-state index in [1.54, 1.807) is 6.08 Å². The molecule has 0 aromatic heterocycles. The van der Waals surface area contributed by atoms with Crippen LogP contribution in [0.1, 0.15) is 6.92 Å². The van der Waals surface area contributed by atoms with E-state index in [4.69, 9.17) is 5.11 Å². The summed E-state index contributed by atoms with van der Waals surface area (Å²) in [6, 6.07) is 0. The molecule has 0 aromatic rings. The quantitative estimate of drug-likeness (QED) is 0.528. The SMILES string of the molecule is CC1=CC1/C=C/CO. The predicted octanol–water partition coefficient (Wildman–Crippen LogP) is 1.11. The molecule has 0 aromatic carbocycles. The Morgan fingerprint density at radius 1 is 1.88 bits per heavy atom. The summed E-state index contributed by atoms with van der Waals surface area (Å²) in [4.78, 5) is 0. The van der Waals surface area contributed by atoms with Crippen molar-refractivity contribution in [1.29, 1.82) is 0 Å². The highest BCUT2D eigenvalue weighted by molar-refractivity contribution is 5.32. The first kappa shape index (κ1) is 5.57. The third kappa shape index (κ3) is 1.20. The van der Waals surface area contributed by atoms with Crippen LogP contribution in [-0.4, -0.2) is 11.7 Å². The Labute approximate surface area is 49.3 Å². The first-order chi connectivity index (χ1) is 3.84. The van der Waals surface area contributed by atoms with E-state index >= 15 is 0 Å². The van der Waals surface area contributed by atoms with Gasteiger partial charge in [-0.1, -0.05) is 23.8 Å². The summed E-state index contributed by atoms with van der Waals surface area (Å²) in [5.74, 6) is 0.571. The second-order valence-electron chi connectivity index (χ2n) is 2.05. The van der Waals surface area contributed by atoms with Gasteiger partial charge in [0.2, 0.25) is 0 Å². The van der Waals surface area contributed by atoms with E-state index in [1.807, 2.05) is 6.08 Å². The number of hydrogen-bond acceptors (Lipinski definition) is 1. The Bertz CT molecular complexity index is 133. The second-order valence-corrected chi connectivity index (χ2v) is 2.05. The average Bonchev–Trinajstić information content (AvgIpc) is 2.42. The fourth-order valence-corrected chi connectivity index (χ4v) is 0.650. The molecule has 0 radical (unpaired) electrons. The maximum absolute atomic E-state index is 8.32. The molecule has 1 unspecified atom stereocenters. The fraction of sp³-hybridized carbons (Fsp3) is 0.429. The van der Waals surface area contributed by atoms with Gasteiger partial charge in [0, 0.05) is 5.92 Å². The number of rotatable bonds is 2. The zero-order valence-corrected chi connectivity index (χ0v) is 4.96. The van der Waals surface area contributed by atoms with Gasteiger partial charge in [0.25, 0.3) is 0 Å². The first-order valence-corrected chi connectivity index (χ1v) is 2.80. The monoisotopic (exact) mass is 110 g/mol. The molecule has 1 N–H and O–H groups in total. The van der Waals surface area contributed by atoms with Gasteiger partial charge in [-0.05, 0) is 6.92 Å². The minimum atomic E-state index is 0.164. The molecule has 0 saturated heterocycles. The van der Waals surface area contributed by atoms with E-state index in [9.17, 15) is 0 Å². The minimum Gasteiger partial charge on any atom is -0.392 e. The number of aliphatic hydroxyl groups excluding tert-OH is 1. The highest BCUT2D eigenvalue weighted by atomic mass is 16.2. The molecule has 1 atom stereocenters. The zero-order chi connectivity index (χ0) is 5.98. The van der Waals surface area contributed by atoms with Gasteiger partial charge in [-0.15, -0.1) is 0 Å². The van der Waals surface area contributed by atoms with Crippen LogP contribution in [0.4, 0.5) is 0 Å². The molecule has 0 bridgehead atoms. The molecule has 1 heteroatoms. The summed E-state index contributed by atoms with van der Waals surface area (Å²) >= 11 is 0. The summed E-state index contributed by atoms with van der Waals surface area (Å²) < 4.78 is 0. The molecule has 0 aliphatic heterocycles. The Morgan fingerprint density at radius 3 is 2.88 bits per heavy atom. The Kier molecular flexibility index (Phi) is 1.49. The van der Waals surface area contributed by atoms with Crippen molar-refractivity contribution in [2.75, 3.05) is 6.61 Å². The van der Waals surface area contributed by atoms with Crippen LogP contribution in [0, 0.1) is 5.92 Å². The summed E-state index contributed by atoms with van der Waals surface area (Å²) in [5, 5.41) is 8.32. The van der Waals surface area contributed by atoms with Crippen molar-refractivity contribution in [2.24, 2.45) is 5.92 Å². The van der Waals surface area contributed by atoms with Crippen LogP contribution < -0.4 is 0 Å². The van der Waals surface area contributed by atoms with Gasteiger partial charge in [0.15, 0.2) is 0 Å². The van der Waals surface area contributed by atoms with Crippen molar-refractivity contribution >= 4 is 0 Å². The molecule has 44 valence electrons. The minimum absolute atomic E-state index is 0.164. The third-order valence-electron chi connectivity index (χ3n) is 1.31. The third-order valence-corrected chi connectivity index (χ3v) is 1.31.